The first kappa shape index (κ1) is 16.8. The van der Waals surface area contributed by atoms with Gasteiger partial charge in [0.1, 0.15) is 5.75 Å². The smallest absolute Gasteiger partial charge is 0.311 e. The number of carbonyl (C=O) groups is 1. The van der Waals surface area contributed by atoms with Gasteiger partial charge in [0.05, 0.1) is 17.1 Å². The average molecular weight is 342 g/mol. The number of benzene rings is 2. The lowest BCUT2D eigenvalue weighted by Gasteiger charge is -2.29. The second kappa shape index (κ2) is 6.80. The Morgan fingerprint density at radius 1 is 1.32 bits per heavy atom. The van der Waals surface area contributed by atoms with Crippen LogP contribution in [0.3, 0.4) is 0 Å². The van der Waals surface area contributed by atoms with Crippen LogP contribution >= 0.6 is 0 Å². The molecule has 0 bridgehead atoms. The Kier molecular flexibility index (Phi) is 4.56. The molecule has 0 saturated heterocycles. The lowest BCUT2D eigenvalue weighted by atomic mass is 9.98. The van der Waals surface area contributed by atoms with Crippen LogP contribution in [0.15, 0.2) is 36.4 Å². The summed E-state index contributed by atoms with van der Waals surface area (Å²) < 4.78 is 5.50. The van der Waals surface area contributed by atoms with Gasteiger partial charge < -0.3 is 14.7 Å². The van der Waals surface area contributed by atoms with Gasteiger partial charge in [-0.3, -0.25) is 14.9 Å². The van der Waals surface area contributed by atoms with E-state index in [4.69, 9.17) is 4.74 Å². The fourth-order valence-corrected chi connectivity index (χ4v) is 2.98. The zero-order valence-electron chi connectivity index (χ0n) is 13.8. The van der Waals surface area contributed by atoms with E-state index in [1.807, 2.05) is 25.1 Å². The highest BCUT2D eigenvalue weighted by atomic mass is 16.6. The van der Waals surface area contributed by atoms with E-state index in [1.165, 1.54) is 18.2 Å². The number of phenols is 1. The molecule has 1 heterocycles. The summed E-state index contributed by atoms with van der Waals surface area (Å²) in [6, 6.07) is 9.78. The summed E-state index contributed by atoms with van der Waals surface area (Å²) in [5.41, 5.74) is 1.60. The number of amides is 1. The van der Waals surface area contributed by atoms with Crippen LogP contribution in [0, 0.1) is 10.1 Å². The molecule has 25 heavy (non-hydrogen) atoms. The molecule has 7 nitrogen and oxygen atoms in total. The highest BCUT2D eigenvalue weighted by molar-refractivity contribution is 5.98. The SMILES string of the molecule is CCOc1ccc2c(c1)CN(C(=O)c1cccc([N+](=O)[O-])c1O)CC2. The summed E-state index contributed by atoms with van der Waals surface area (Å²) in [6.07, 6.45) is 0.684. The van der Waals surface area contributed by atoms with Gasteiger partial charge in [-0.25, -0.2) is 0 Å². The lowest BCUT2D eigenvalue weighted by molar-refractivity contribution is -0.385. The van der Waals surface area contributed by atoms with Gasteiger partial charge in [-0.15, -0.1) is 0 Å². The second-order valence-corrected chi connectivity index (χ2v) is 5.77. The minimum Gasteiger partial charge on any atom is -0.502 e. The van der Waals surface area contributed by atoms with E-state index in [-0.39, 0.29) is 5.56 Å². The van der Waals surface area contributed by atoms with Crippen LogP contribution in [0.2, 0.25) is 0 Å². The Labute approximate surface area is 144 Å². The summed E-state index contributed by atoms with van der Waals surface area (Å²) in [5.74, 6) is -0.270. The molecular weight excluding hydrogens is 324 g/mol. The van der Waals surface area contributed by atoms with Crippen molar-refractivity contribution in [2.45, 2.75) is 19.9 Å². The van der Waals surface area contributed by atoms with Gasteiger partial charge in [0.15, 0.2) is 0 Å². The molecule has 1 aliphatic heterocycles. The zero-order valence-corrected chi connectivity index (χ0v) is 13.8. The van der Waals surface area contributed by atoms with Crippen molar-refractivity contribution in [3.8, 4) is 11.5 Å². The van der Waals surface area contributed by atoms with Crippen LogP contribution in [0.1, 0.15) is 28.4 Å². The predicted molar refractivity (Wildman–Crippen MR) is 90.8 cm³/mol. The van der Waals surface area contributed by atoms with Gasteiger partial charge in [-0.1, -0.05) is 12.1 Å². The lowest BCUT2D eigenvalue weighted by Crippen LogP contribution is -2.36. The van der Waals surface area contributed by atoms with Crippen molar-refractivity contribution in [3.05, 3.63) is 63.2 Å². The quantitative estimate of drug-likeness (QED) is 0.681. The van der Waals surface area contributed by atoms with E-state index in [2.05, 4.69) is 0 Å². The molecule has 3 rings (SSSR count). The molecule has 130 valence electrons. The van der Waals surface area contributed by atoms with Gasteiger partial charge >= 0.3 is 5.69 Å². The number of nitrogens with zero attached hydrogens (tertiary/aromatic N) is 2. The number of nitro groups is 1. The minimum atomic E-state index is -0.702. The number of phenolic OH excluding ortho intramolecular Hbond substituents is 1. The average Bonchev–Trinajstić information content (AvgIpc) is 2.60. The fraction of sp³-hybridized carbons (Fsp3) is 0.278. The van der Waals surface area contributed by atoms with Crippen LogP contribution in [-0.4, -0.2) is 34.0 Å². The number of para-hydroxylation sites is 1. The molecule has 2 aromatic rings. The standard InChI is InChI=1S/C18H18N2O5/c1-2-25-14-7-6-12-8-9-19(11-13(12)10-14)18(22)15-4-3-5-16(17(15)21)20(23)24/h3-7,10,21H,2,8-9,11H2,1H3. The third-order valence-electron chi connectivity index (χ3n) is 4.23. The molecule has 1 aliphatic rings. The number of fused-ring (bicyclic) bond motifs is 1. The van der Waals surface area contributed by atoms with Crippen LogP contribution in [-0.2, 0) is 13.0 Å². The van der Waals surface area contributed by atoms with Crippen LogP contribution in [0.25, 0.3) is 0 Å². The van der Waals surface area contributed by atoms with Crippen LogP contribution in [0.4, 0.5) is 5.69 Å². The second-order valence-electron chi connectivity index (χ2n) is 5.77. The molecule has 0 radical (unpaired) electrons. The maximum atomic E-state index is 12.7. The number of hydrogen-bond acceptors (Lipinski definition) is 5. The predicted octanol–water partition coefficient (Wildman–Crippen LogP) is 2.90. The van der Waals surface area contributed by atoms with E-state index in [0.717, 1.165) is 16.9 Å². The molecule has 7 heteroatoms. The number of aromatic hydroxyl groups is 1. The molecule has 0 aliphatic carbocycles. The summed E-state index contributed by atoms with van der Waals surface area (Å²) >= 11 is 0. The molecule has 1 N–H and O–H groups in total. The highest BCUT2D eigenvalue weighted by Gasteiger charge is 2.27. The first-order chi connectivity index (χ1) is 12.0. The van der Waals surface area contributed by atoms with E-state index in [0.29, 0.717) is 26.1 Å². The third-order valence-corrected chi connectivity index (χ3v) is 4.23. The van der Waals surface area contributed by atoms with Crippen molar-refractivity contribution in [2.24, 2.45) is 0 Å². The maximum Gasteiger partial charge on any atom is 0.311 e. The topological polar surface area (TPSA) is 92.9 Å². The Morgan fingerprint density at radius 2 is 2.12 bits per heavy atom. The Morgan fingerprint density at radius 3 is 2.84 bits per heavy atom. The molecule has 0 aromatic heterocycles. The molecule has 0 saturated carbocycles. The summed E-state index contributed by atoms with van der Waals surface area (Å²) in [6.45, 7) is 3.32. The zero-order chi connectivity index (χ0) is 18.0. The Balaban J connectivity index is 1.86. The van der Waals surface area contributed by atoms with Gasteiger partial charge in [0.25, 0.3) is 5.91 Å². The molecule has 1 amide bonds. The van der Waals surface area contributed by atoms with E-state index >= 15 is 0 Å². The third kappa shape index (κ3) is 3.26. The van der Waals surface area contributed by atoms with E-state index < -0.39 is 22.3 Å². The number of nitro benzene ring substituents is 1. The number of rotatable bonds is 4. The van der Waals surface area contributed by atoms with Gasteiger partial charge in [-0.05, 0) is 42.7 Å². The molecule has 2 aromatic carbocycles. The molecule has 0 fully saturated rings. The summed E-state index contributed by atoms with van der Waals surface area (Å²) in [7, 11) is 0. The number of carbonyl (C=O) groups excluding carboxylic acids is 1. The van der Waals surface area contributed by atoms with Crippen LogP contribution in [0.5, 0.6) is 11.5 Å². The number of ether oxygens (including phenoxy) is 1. The van der Waals surface area contributed by atoms with Gasteiger partial charge in [0.2, 0.25) is 5.75 Å². The van der Waals surface area contributed by atoms with Gasteiger partial charge in [0, 0.05) is 19.2 Å². The Hall–Kier alpha value is -3.09. The molecule has 0 spiro atoms. The van der Waals surface area contributed by atoms with Crippen molar-refractivity contribution >= 4 is 11.6 Å². The van der Waals surface area contributed by atoms with E-state index in [9.17, 15) is 20.0 Å². The number of hydrogen-bond donors (Lipinski definition) is 1. The monoisotopic (exact) mass is 342 g/mol. The maximum absolute atomic E-state index is 12.7. The first-order valence-electron chi connectivity index (χ1n) is 8.01. The summed E-state index contributed by atoms with van der Waals surface area (Å²) in [4.78, 5) is 24.5. The van der Waals surface area contributed by atoms with Crippen molar-refractivity contribution in [1.29, 1.82) is 0 Å². The molecular formula is C18H18N2O5. The van der Waals surface area contributed by atoms with Gasteiger partial charge in [-0.2, -0.15) is 0 Å². The van der Waals surface area contributed by atoms with Crippen molar-refractivity contribution in [3.63, 3.8) is 0 Å². The van der Waals surface area contributed by atoms with E-state index in [1.54, 1.807) is 4.90 Å². The normalized spacial score (nSPS) is 13.2. The van der Waals surface area contributed by atoms with Crippen molar-refractivity contribution in [2.75, 3.05) is 13.2 Å². The van der Waals surface area contributed by atoms with Crippen LogP contribution < -0.4 is 4.74 Å². The molecule has 0 unspecified atom stereocenters. The molecule has 0 atom stereocenters. The Bertz CT molecular complexity index is 834. The summed E-state index contributed by atoms with van der Waals surface area (Å²) in [5, 5.41) is 21.0. The largest absolute Gasteiger partial charge is 0.502 e. The fourth-order valence-electron chi connectivity index (χ4n) is 2.98. The highest BCUT2D eigenvalue weighted by Crippen LogP contribution is 2.32. The van der Waals surface area contributed by atoms with Crippen molar-refractivity contribution < 1.29 is 19.6 Å². The minimum absolute atomic E-state index is 0.0568. The first-order valence-corrected chi connectivity index (χ1v) is 8.01. The van der Waals surface area contributed by atoms with Crippen molar-refractivity contribution in [1.82, 2.24) is 4.90 Å².